The normalized spacial score (nSPS) is 31.2. The molecular formula is C15H18O7. The second-order valence-electron chi connectivity index (χ2n) is 4.95. The lowest BCUT2D eigenvalue weighted by Gasteiger charge is -2.26. The zero-order chi connectivity index (χ0) is 16.4. The molecule has 0 saturated carbocycles. The highest BCUT2D eigenvalue weighted by Gasteiger charge is 2.60. The Morgan fingerprint density at radius 2 is 1.68 bits per heavy atom. The van der Waals surface area contributed by atoms with Crippen LogP contribution in [0.5, 0.6) is 0 Å². The molecule has 4 atom stereocenters. The van der Waals surface area contributed by atoms with E-state index in [0.717, 1.165) is 0 Å². The van der Waals surface area contributed by atoms with E-state index >= 15 is 0 Å². The van der Waals surface area contributed by atoms with Crippen molar-refractivity contribution in [2.24, 2.45) is 11.8 Å². The van der Waals surface area contributed by atoms with Crippen molar-refractivity contribution < 1.29 is 33.3 Å². The molecule has 0 aromatic heterocycles. The van der Waals surface area contributed by atoms with Crippen molar-refractivity contribution in [1.82, 2.24) is 0 Å². The monoisotopic (exact) mass is 310 g/mol. The summed E-state index contributed by atoms with van der Waals surface area (Å²) in [6.45, 7) is 5.78. The number of esters is 3. The van der Waals surface area contributed by atoms with Gasteiger partial charge in [-0.25, -0.2) is 4.79 Å². The summed E-state index contributed by atoms with van der Waals surface area (Å²) in [5.41, 5.74) is 0.938. The van der Waals surface area contributed by atoms with Gasteiger partial charge in [-0.15, -0.1) is 0 Å². The summed E-state index contributed by atoms with van der Waals surface area (Å²) in [5.74, 6) is -3.40. The molecule has 2 fully saturated rings. The highest BCUT2D eigenvalue weighted by molar-refractivity contribution is 5.89. The molecule has 0 radical (unpaired) electrons. The maximum atomic E-state index is 12.0. The number of carbonyl (C=O) groups excluding carboxylic acids is 3. The summed E-state index contributed by atoms with van der Waals surface area (Å²) in [6, 6.07) is 0. The van der Waals surface area contributed by atoms with E-state index in [-0.39, 0.29) is 6.61 Å². The third kappa shape index (κ3) is 2.52. The number of ether oxygens (including phenoxy) is 4. The van der Waals surface area contributed by atoms with Crippen LogP contribution in [-0.4, -0.2) is 50.9 Å². The van der Waals surface area contributed by atoms with Gasteiger partial charge in [0, 0.05) is 6.08 Å². The van der Waals surface area contributed by atoms with E-state index in [9.17, 15) is 14.4 Å². The quantitative estimate of drug-likeness (QED) is 0.421. The predicted octanol–water partition coefficient (Wildman–Crippen LogP) is 0.391. The van der Waals surface area contributed by atoms with E-state index in [0.29, 0.717) is 11.1 Å². The van der Waals surface area contributed by atoms with E-state index in [1.54, 1.807) is 6.92 Å². The standard InChI is InChI=1S/C15H18O7/c1-5-21-9(16)6-8-7(2)12-10(14(17)19-3)11(13(8)22-12)15(18)20-4/h6,10-13H,2,5H2,1,3-4H3/b8-6-/t10-,11+,12-,13+/m1/s1. The molecule has 2 rings (SSSR count). The van der Waals surface area contributed by atoms with Gasteiger partial charge in [0.25, 0.3) is 0 Å². The fourth-order valence-electron chi connectivity index (χ4n) is 2.91. The molecule has 0 amide bonds. The molecule has 120 valence electrons. The number of hydrogen-bond donors (Lipinski definition) is 0. The molecule has 0 spiro atoms. The Morgan fingerprint density at radius 3 is 2.18 bits per heavy atom. The van der Waals surface area contributed by atoms with Crippen LogP contribution in [0, 0.1) is 11.8 Å². The van der Waals surface area contributed by atoms with Crippen molar-refractivity contribution in [2.45, 2.75) is 19.1 Å². The van der Waals surface area contributed by atoms with Gasteiger partial charge in [-0.3, -0.25) is 9.59 Å². The first-order valence-corrected chi connectivity index (χ1v) is 6.84. The van der Waals surface area contributed by atoms with Gasteiger partial charge in [0.05, 0.1) is 33.0 Å². The molecule has 2 saturated heterocycles. The number of methoxy groups -OCH3 is 2. The number of rotatable bonds is 4. The average molecular weight is 310 g/mol. The molecule has 0 aliphatic carbocycles. The van der Waals surface area contributed by atoms with Gasteiger partial charge >= 0.3 is 17.9 Å². The van der Waals surface area contributed by atoms with Gasteiger partial charge in [0.15, 0.2) is 0 Å². The zero-order valence-corrected chi connectivity index (χ0v) is 12.7. The molecule has 2 heterocycles. The Labute approximate surface area is 127 Å². The summed E-state index contributed by atoms with van der Waals surface area (Å²) < 4.78 is 20.0. The van der Waals surface area contributed by atoms with E-state index in [4.69, 9.17) is 18.9 Å². The SMILES string of the molecule is C=C1/C(=C/C(=O)OCC)[C@@H]2O[C@H]1[C@H](C(=O)OC)[C@@H]2C(=O)OC. The molecule has 2 aliphatic rings. The lowest BCUT2D eigenvalue weighted by atomic mass is 9.74. The van der Waals surface area contributed by atoms with Crippen molar-refractivity contribution in [1.29, 1.82) is 0 Å². The van der Waals surface area contributed by atoms with Crippen LogP contribution in [0.25, 0.3) is 0 Å². The van der Waals surface area contributed by atoms with Crippen LogP contribution in [0.4, 0.5) is 0 Å². The largest absolute Gasteiger partial charge is 0.469 e. The summed E-state index contributed by atoms with van der Waals surface area (Å²) >= 11 is 0. The molecule has 0 aromatic rings. The Morgan fingerprint density at radius 1 is 1.14 bits per heavy atom. The Hall–Kier alpha value is -2.15. The minimum atomic E-state index is -0.867. The minimum absolute atomic E-state index is 0.231. The van der Waals surface area contributed by atoms with Crippen LogP contribution >= 0.6 is 0 Å². The van der Waals surface area contributed by atoms with Crippen molar-refractivity contribution in [2.75, 3.05) is 20.8 Å². The third-order valence-electron chi connectivity index (χ3n) is 3.86. The van der Waals surface area contributed by atoms with E-state index in [2.05, 4.69) is 6.58 Å². The van der Waals surface area contributed by atoms with Crippen molar-refractivity contribution >= 4 is 17.9 Å². The van der Waals surface area contributed by atoms with Crippen LogP contribution < -0.4 is 0 Å². The fourth-order valence-corrected chi connectivity index (χ4v) is 2.91. The summed E-state index contributed by atoms with van der Waals surface area (Å²) in [5, 5.41) is 0. The molecule has 2 aliphatic heterocycles. The summed E-state index contributed by atoms with van der Waals surface area (Å²) in [7, 11) is 2.47. The van der Waals surface area contributed by atoms with Gasteiger partial charge in [-0.05, 0) is 18.1 Å². The fraction of sp³-hybridized carbons (Fsp3) is 0.533. The van der Waals surface area contributed by atoms with Crippen LogP contribution in [0.15, 0.2) is 23.8 Å². The molecule has 22 heavy (non-hydrogen) atoms. The van der Waals surface area contributed by atoms with Crippen LogP contribution in [0.1, 0.15) is 6.92 Å². The third-order valence-corrected chi connectivity index (χ3v) is 3.86. The lowest BCUT2D eigenvalue weighted by Crippen LogP contribution is -2.41. The molecule has 7 heteroatoms. The number of carbonyl (C=O) groups is 3. The molecule has 0 aromatic carbocycles. The van der Waals surface area contributed by atoms with Gasteiger partial charge in [0.2, 0.25) is 0 Å². The van der Waals surface area contributed by atoms with Crippen molar-refractivity contribution in [3.63, 3.8) is 0 Å². The van der Waals surface area contributed by atoms with E-state index < -0.39 is 42.0 Å². The molecular weight excluding hydrogens is 292 g/mol. The highest BCUT2D eigenvalue weighted by atomic mass is 16.6. The van der Waals surface area contributed by atoms with Crippen molar-refractivity contribution in [3.05, 3.63) is 23.8 Å². The average Bonchev–Trinajstić information content (AvgIpc) is 3.03. The predicted molar refractivity (Wildman–Crippen MR) is 73.5 cm³/mol. The van der Waals surface area contributed by atoms with Gasteiger partial charge in [-0.1, -0.05) is 6.58 Å². The zero-order valence-electron chi connectivity index (χ0n) is 12.7. The van der Waals surface area contributed by atoms with Gasteiger partial charge in [-0.2, -0.15) is 0 Å². The molecule has 2 bridgehead atoms. The number of hydrogen-bond acceptors (Lipinski definition) is 7. The molecule has 7 nitrogen and oxygen atoms in total. The van der Waals surface area contributed by atoms with Crippen molar-refractivity contribution in [3.8, 4) is 0 Å². The topological polar surface area (TPSA) is 88.1 Å². The first-order chi connectivity index (χ1) is 10.5. The minimum Gasteiger partial charge on any atom is -0.469 e. The van der Waals surface area contributed by atoms with Crippen LogP contribution in [0.2, 0.25) is 0 Å². The maximum Gasteiger partial charge on any atom is 0.331 e. The summed E-state index contributed by atoms with van der Waals surface area (Å²) in [4.78, 5) is 35.6. The first kappa shape index (κ1) is 16.2. The second kappa shape index (κ2) is 6.31. The number of fused-ring (bicyclic) bond motifs is 2. The van der Waals surface area contributed by atoms with E-state index in [1.165, 1.54) is 20.3 Å². The smallest absolute Gasteiger partial charge is 0.331 e. The Kier molecular flexibility index (Phi) is 4.65. The second-order valence-corrected chi connectivity index (χ2v) is 4.95. The molecule has 0 N–H and O–H groups in total. The van der Waals surface area contributed by atoms with Crippen LogP contribution in [0.3, 0.4) is 0 Å². The molecule has 0 unspecified atom stereocenters. The summed E-state index contributed by atoms with van der Waals surface area (Å²) in [6.07, 6.45) is -0.222. The van der Waals surface area contributed by atoms with Gasteiger partial charge in [0.1, 0.15) is 11.8 Å². The highest BCUT2D eigenvalue weighted by Crippen LogP contribution is 2.49. The van der Waals surface area contributed by atoms with Gasteiger partial charge < -0.3 is 18.9 Å². The Balaban J connectivity index is 2.35. The maximum absolute atomic E-state index is 12.0. The lowest BCUT2D eigenvalue weighted by molar-refractivity contribution is -0.156. The van der Waals surface area contributed by atoms with E-state index in [1.807, 2.05) is 0 Å². The Bertz CT molecular complexity index is 548. The van der Waals surface area contributed by atoms with Crippen LogP contribution in [-0.2, 0) is 33.3 Å². The first-order valence-electron chi connectivity index (χ1n) is 6.84.